The van der Waals surface area contributed by atoms with Gasteiger partial charge in [-0.25, -0.2) is 4.79 Å². The summed E-state index contributed by atoms with van der Waals surface area (Å²) in [5, 5.41) is 4.89. The predicted molar refractivity (Wildman–Crippen MR) is 167 cm³/mol. The number of hydrogen-bond acceptors (Lipinski definition) is 13. The van der Waals surface area contributed by atoms with E-state index in [0.29, 0.717) is 0 Å². The summed E-state index contributed by atoms with van der Waals surface area (Å²) in [5.74, 6) is -4.87. The molecule has 4 rings (SSSR count). The zero-order valence-electron chi connectivity index (χ0n) is 27.6. The summed E-state index contributed by atoms with van der Waals surface area (Å²) >= 11 is 0. The number of rotatable bonds is 12. The molecule has 1 aliphatic heterocycles. The molecule has 0 spiro atoms. The van der Waals surface area contributed by atoms with Crippen molar-refractivity contribution in [3.63, 3.8) is 0 Å². The van der Waals surface area contributed by atoms with E-state index in [9.17, 15) is 33.6 Å². The Morgan fingerprint density at radius 3 is 1.73 bits per heavy atom. The number of esters is 4. The summed E-state index contributed by atoms with van der Waals surface area (Å²) < 4.78 is 32.4. The number of nitrogens with one attached hydrogen (secondary N) is 2. The predicted octanol–water partition coefficient (Wildman–Crippen LogP) is 2.07. The molecule has 2 unspecified atom stereocenters. The first-order chi connectivity index (χ1) is 23.2. The van der Waals surface area contributed by atoms with Gasteiger partial charge in [-0.15, -0.1) is 0 Å². The topological polar surface area (TPSA) is 199 Å². The first-order valence-electron chi connectivity index (χ1n) is 15.5. The number of ether oxygens (including phenoxy) is 6. The molecule has 6 atom stereocenters. The number of ketones is 1. The van der Waals surface area contributed by atoms with Gasteiger partial charge in [-0.3, -0.25) is 28.8 Å². The third-order valence-corrected chi connectivity index (χ3v) is 7.81. The minimum absolute atomic E-state index is 0.0264. The van der Waals surface area contributed by atoms with E-state index in [1.165, 1.54) is 6.92 Å². The van der Waals surface area contributed by atoms with Gasteiger partial charge in [0, 0.05) is 33.6 Å². The SMILES string of the molecule is CC(=O)OCC1O[C@@H](NC(=O)C[C@H](NC(=O)OCC2c3ccccc3-c3ccccc32)C(C)=O)[C@H](OC(C)=O)C(OC(C)=O)[C@@H]1OC(C)=O. The number of alkyl carbamates (subject to hydrolysis) is 1. The van der Waals surface area contributed by atoms with Crippen molar-refractivity contribution < 1.29 is 62.0 Å². The molecule has 2 amide bonds. The molecule has 2 aromatic rings. The van der Waals surface area contributed by atoms with Gasteiger partial charge in [-0.1, -0.05) is 48.5 Å². The monoisotopic (exact) mass is 682 g/mol. The Hall–Kier alpha value is -5.31. The first-order valence-corrected chi connectivity index (χ1v) is 15.5. The lowest BCUT2D eigenvalue weighted by molar-refractivity contribution is -0.257. The zero-order chi connectivity index (χ0) is 35.8. The van der Waals surface area contributed by atoms with Gasteiger partial charge in [0.25, 0.3) is 0 Å². The number of carbonyl (C=O) groups excluding carboxylic acids is 7. The number of carbonyl (C=O) groups is 7. The van der Waals surface area contributed by atoms with Crippen LogP contribution in [-0.4, -0.2) is 91.6 Å². The molecule has 15 heteroatoms. The summed E-state index contributed by atoms with van der Waals surface area (Å²) in [6, 6.07) is 14.2. The fourth-order valence-electron chi connectivity index (χ4n) is 5.83. The van der Waals surface area contributed by atoms with Gasteiger partial charge >= 0.3 is 30.0 Å². The second-order valence-electron chi connectivity index (χ2n) is 11.5. The quantitative estimate of drug-likeness (QED) is 0.244. The van der Waals surface area contributed by atoms with E-state index in [2.05, 4.69) is 10.6 Å². The maximum absolute atomic E-state index is 13.3. The van der Waals surface area contributed by atoms with Crippen molar-refractivity contribution in [1.29, 1.82) is 0 Å². The number of fused-ring (bicyclic) bond motifs is 3. The molecule has 49 heavy (non-hydrogen) atoms. The van der Waals surface area contributed by atoms with E-state index in [4.69, 9.17) is 28.4 Å². The van der Waals surface area contributed by atoms with Crippen LogP contribution < -0.4 is 10.6 Å². The summed E-state index contributed by atoms with van der Waals surface area (Å²) in [7, 11) is 0. The van der Waals surface area contributed by atoms with Crippen LogP contribution in [0.3, 0.4) is 0 Å². The van der Waals surface area contributed by atoms with Crippen molar-refractivity contribution in [3.8, 4) is 11.1 Å². The van der Waals surface area contributed by atoms with Crippen LogP contribution >= 0.6 is 0 Å². The third kappa shape index (κ3) is 9.41. The fraction of sp³-hybridized carbons (Fsp3) is 0.441. The second-order valence-corrected chi connectivity index (χ2v) is 11.5. The Morgan fingerprint density at radius 1 is 0.673 bits per heavy atom. The maximum atomic E-state index is 13.3. The normalized spacial score (nSPS) is 21.5. The number of amides is 2. The van der Waals surface area contributed by atoms with Gasteiger partial charge in [-0.2, -0.15) is 0 Å². The lowest BCUT2D eigenvalue weighted by Crippen LogP contribution is -2.66. The highest BCUT2D eigenvalue weighted by Gasteiger charge is 2.52. The largest absolute Gasteiger partial charge is 0.463 e. The minimum Gasteiger partial charge on any atom is -0.463 e. The summed E-state index contributed by atoms with van der Waals surface area (Å²) in [5.41, 5.74) is 4.05. The molecule has 262 valence electrons. The molecular weight excluding hydrogens is 644 g/mol. The Morgan fingerprint density at radius 2 is 1.20 bits per heavy atom. The lowest BCUT2D eigenvalue weighted by atomic mass is 9.97. The second kappa shape index (κ2) is 16.2. The molecule has 2 N–H and O–H groups in total. The lowest BCUT2D eigenvalue weighted by Gasteiger charge is -2.44. The van der Waals surface area contributed by atoms with Crippen molar-refractivity contribution in [1.82, 2.24) is 10.6 Å². The van der Waals surface area contributed by atoms with Gasteiger partial charge < -0.3 is 39.1 Å². The summed E-state index contributed by atoms with van der Waals surface area (Å²) in [6.07, 6.45) is -8.83. The van der Waals surface area contributed by atoms with E-state index in [1.807, 2.05) is 48.5 Å². The average molecular weight is 683 g/mol. The Bertz CT molecular complexity index is 1560. The fourth-order valence-corrected chi connectivity index (χ4v) is 5.83. The van der Waals surface area contributed by atoms with E-state index >= 15 is 0 Å². The number of Topliss-reactive ketones (excluding diaryl/α,β-unsaturated/α-hetero) is 1. The van der Waals surface area contributed by atoms with Crippen molar-refractivity contribution >= 4 is 41.7 Å². The molecule has 1 aliphatic carbocycles. The van der Waals surface area contributed by atoms with Crippen LogP contribution in [0.2, 0.25) is 0 Å². The van der Waals surface area contributed by atoms with Crippen LogP contribution in [0.4, 0.5) is 4.79 Å². The molecule has 0 radical (unpaired) electrons. The molecule has 1 heterocycles. The number of hydrogen-bond donors (Lipinski definition) is 2. The first kappa shape index (κ1) is 36.5. The van der Waals surface area contributed by atoms with Crippen LogP contribution in [0.5, 0.6) is 0 Å². The van der Waals surface area contributed by atoms with E-state index < -0.39 is 91.4 Å². The summed E-state index contributed by atoms with van der Waals surface area (Å²) in [6.45, 7) is 4.97. The van der Waals surface area contributed by atoms with E-state index in [0.717, 1.165) is 49.9 Å². The van der Waals surface area contributed by atoms with Crippen LogP contribution in [0.1, 0.15) is 58.1 Å². The highest BCUT2D eigenvalue weighted by Crippen LogP contribution is 2.44. The molecule has 2 aromatic carbocycles. The highest BCUT2D eigenvalue weighted by atomic mass is 16.7. The van der Waals surface area contributed by atoms with Gasteiger partial charge in [0.15, 0.2) is 30.3 Å². The Labute approximate surface area is 281 Å². The maximum Gasteiger partial charge on any atom is 0.407 e. The van der Waals surface area contributed by atoms with Gasteiger partial charge in [0.1, 0.15) is 19.3 Å². The van der Waals surface area contributed by atoms with E-state index in [-0.39, 0.29) is 12.5 Å². The van der Waals surface area contributed by atoms with Crippen LogP contribution in [0.25, 0.3) is 11.1 Å². The number of benzene rings is 2. The van der Waals surface area contributed by atoms with Crippen LogP contribution in [0.15, 0.2) is 48.5 Å². The molecule has 1 fully saturated rings. The third-order valence-electron chi connectivity index (χ3n) is 7.81. The van der Waals surface area contributed by atoms with E-state index in [1.54, 1.807) is 0 Å². The zero-order valence-corrected chi connectivity index (χ0v) is 27.6. The smallest absolute Gasteiger partial charge is 0.407 e. The van der Waals surface area contributed by atoms with Crippen LogP contribution in [-0.2, 0) is 57.2 Å². The average Bonchev–Trinajstić information content (AvgIpc) is 3.34. The van der Waals surface area contributed by atoms with Crippen molar-refractivity contribution in [2.75, 3.05) is 13.2 Å². The van der Waals surface area contributed by atoms with Crippen molar-refractivity contribution in [2.45, 2.75) is 83.6 Å². The minimum atomic E-state index is -1.55. The molecule has 0 saturated carbocycles. The Balaban J connectivity index is 1.46. The summed E-state index contributed by atoms with van der Waals surface area (Å²) in [4.78, 5) is 86.3. The van der Waals surface area contributed by atoms with Crippen LogP contribution in [0, 0.1) is 0 Å². The molecule has 0 bridgehead atoms. The Kier molecular flexibility index (Phi) is 12.1. The van der Waals surface area contributed by atoms with Gasteiger partial charge in [0.05, 0.1) is 12.5 Å². The molecular formula is C34H38N2O13. The van der Waals surface area contributed by atoms with Gasteiger partial charge in [0.2, 0.25) is 5.91 Å². The highest BCUT2D eigenvalue weighted by molar-refractivity contribution is 5.91. The standard InChI is InChI=1S/C34H38N2O13/c1-17(37)27(35-34(43)45-15-26-24-12-8-6-10-22(24)23-11-7-9-13-25(23)26)14-29(42)36-33-32(48-21(5)41)31(47-20(4)40)30(46-19(3)39)28(49-33)16-44-18(2)38/h6-13,26-28,30-33H,14-16H2,1-5H3,(H,35,43)(H,36,42)/t27-,28?,30+,31?,32+,33+/m0/s1. The van der Waals surface area contributed by atoms with Crippen molar-refractivity contribution in [3.05, 3.63) is 59.7 Å². The molecule has 15 nitrogen and oxygen atoms in total. The van der Waals surface area contributed by atoms with Gasteiger partial charge in [-0.05, 0) is 29.2 Å². The van der Waals surface area contributed by atoms with Crippen molar-refractivity contribution in [2.24, 2.45) is 0 Å². The molecule has 1 saturated heterocycles. The molecule has 2 aliphatic rings. The molecule has 0 aromatic heterocycles.